The number of hydrogen-bond donors (Lipinski definition) is 0. The van der Waals surface area contributed by atoms with Gasteiger partial charge in [0.1, 0.15) is 0 Å². The molecule has 0 N–H and O–H groups in total. The summed E-state index contributed by atoms with van der Waals surface area (Å²) in [5.74, 6) is 0. The van der Waals surface area contributed by atoms with Crippen LogP contribution in [-0.4, -0.2) is 17.2 Å². The van der Waals surface area contributed by atoms with Crippen LogP contribution in [-0.2, 0) is 6.04 Å². The zero-order valence-corrected chi connectivity index (χ0v) is 43.0. The fourth-order valence-corrected chi connectivity index (χ4v) is 17.2. The van der Waals surface area contributed by atoms with E-state index in [0.717, 1.165) is 28.5 Å². The van der Waals surface area contributed by atoms with Crippen molar-refractivity contribution < 1.29 is 0 Å². The van der Waals surface area contributed by atoms with Crippen LogP contribution in [0.25, 0.3) is 99.5 Å². The molecule has 76 heavy (non-hydrogen) atoms. The molecule has 2 aromatic heterocycles. The van der Waals surface area contributed by atoms with E-state index in [1.165, 1.54) is 98.2 Å². The average Bonchev–Trinajstić information content (AvgIpc) is 4.16. The predicted molar refractivity (Wildman–Crippen MR) is 325 cm³/mol. The highest BCUT2D eigenvalue weighted by Gasteiger charge is 2.40. The molecule has 0 aliphatic heterocycles. The molecule has 0 radical (unpaired) electrons. The van der Waals surface area contributed by atoms with Gasteiger partial charge in [0.05, 0.1) is 27.8 Å². The lowest BCUT2D eigenvalue weighted by atomic mass is 9.92. The number of benzene rings is 12. The first-order valence-electron chi connectivity index (χ1n) is 26.4. The largest absolute Gasteiger partial charge is 0.309 e. The van der Waals surface area contributed by atoms with Crippen LogP contribution in [0.15, 0.2) is 303 Å². The number of fused-ring (bicyclic) bond motifs is 6. The summed E-state index contributed by atoms with van der Waals surface area (Å²) in [6.07, 6.45) is 0. The van der Waals surface area contributed by atoms with E-state index in [1.807, 2.05) is 0 Å². The molecule has 0 saturated carbocycles. The molecule has 3 heteroatoms. The van der Waals surface area contributed by atoms with Gasteiger partial charge in [-0.2, -0.15) is 0 Å². The third kappa shape index (κ3) is 7.63. The van der Waals surface area contributed by atoms with Gasteiger partial charge in [-0.1, -0.05) is 255 Å². The van der Waals surface area contributed by atoms with Gasteiger partial charge in [-0.25, -0.2) is 0 Å². The second-order valence-electron chi connectivity index (χ2n) is 20.0. The van der Waals surface area contributed by atoms with Crippen LogP contribution < -0.4 is 15.6 Å². The number of hydrogen-bond acceptors (Lipinski definition) is 0. The fraction of sp³-hybridized carbons (Fsp3) is 0.0137. The third-order valence-electron chi connectivity index (χ3n) is 15.8. The smallest absolute Gasteiger partial charge is 0.152 e. The summed E-state index contributed by atoms with van der Waals surface area (Å²) in [6.45, 7) is 0. The highest BCUT2D eigenvalue weighted by atomic mass is 28.3. The summed E-state index contributed by atoms with van der Waals surface area (Å²) < 4.78 is 5.05. The topological polar surface area (TPSA) is 9.86 Å². The van der Waals surface area contributed by atoms with Gasteiger partial charge in [0.15, 0.2) is 8.07 Å². The number of aromatic nitrogens is 2. The molecular weight excluding hydrogens is 933 g/mol. The van der Waals surface area contributed by atoms with Gasteiger partial charge in [-0.05, 0) is 120 Å². The SMILES string of the molecule is c1ccc(-c2cc(-c3ccccc3-c3ccccc3)cc(-n3c4ccccc4c4c(-n5c6ccccc6c6c(C[Si](c7ccccc7)(c7ccccc7)c7cccc(-c8ccccc8)c7)cccc65)cccc43)c2)cc1. The van der Waals surface area contributed by atoms with Gasteiger partial charge in [0, 0.05) is 27.2 Å². The highest BCUT2D eigenvalue weighted by molar-refractivity contribution is 7.11. The number of nitrogens with zero attached hydrogens (tertiary/aromatic N) is 2. The monoisotopic (exact) mass is 984 g/mol. The van der Waals surface area contributed by atoms with Crippen LogP contribution in [0.5, 0.6) is 0 Å². The molecule has 0 amide bonds. The van der Waals surface area contributed by atoms with Crippen molar-refractivity contribution in [1.29, 1.82) is 0 Å². The lowest BCUT2D eigenvalue weighted by Gasteiger charge is -2.34. The van der Waals surface area contributed by atoms with Gasteiger partial charge >= 0.3 is 0 Å². The van der Waals surface area contributed by atoms with Crippen molar-refractivity contribution in [3.63, 3.8) is 0 Å². The molecule has 12 aromatic carbocycles. The molecule has 0 spiro atoms. The van der Waals surface area contributed by atoms with E-state index in [1.54, 1.807) is 0 Å². The first-order valence-corrected chi connectivity index (χ1v) is 28.6. The fourth-order valence-electron chi connectivity index (χ4n) is 12.4. The molecule has 2 nitrogen and oxygen atoms in total. The van der Waals surface area contributed by atoms with Crippen LogP contribution in [0.2, 0.25) is 0 Å². The van der Waals surface area contributed by atoms with Gasteiger partial charge in [-0.3, -0.25) is 0 Å². The summed E-state index contributed by atoms with van der Waals surface area (Å²) >= 11 is 0. The molecule has 0 atom stereocenters. The maximum atomic E-state index is 2.56. The van der Waals surface area contributed by atoms with Gasteiger partial charge in [-0.15, -0.1) is 0 Å². The standard InChI is InChI=1S/C73H52N2Si/c1-6-25-52(26-7-1)55-31-22-37-62(50-55)76(60-33-12-4-13-34-60,61-35-14-5-15-36-61)51-56-32-23-44-69-72(56)65-40-18-21-43-68(65)75(69)71-46-24-45-70-73(71)66-41-19-20-42-67(66)74(70)59-48-57(53-27-8-2-9-28-53)47-58(49-59)64-39-17-16-38-63(64)54-29-10-3-11-30-54/h1-50H,51H2. The minimum absolute atomic E-state index is 0.877. The lowest BCUT2D eigenvalue weighted by Crippen LogP contribution is -2.69. The zero-order valence-electron chi connectivity index (χ0n) is 42.0. The Labute approximate surface area is 444 Å². The van der Waals surface area contributed by atoms with Crippen molar-refractivity contribution in [3.05, 3.63) is 309 Å². The average molecular weight is 985 g/mol. The molecule has 0 aliphatic rings. The predicted octanol–water partition coefficient (Wildman–Crippen LogP) is 16.8. The summed E-state index contributed by atoms with van der Waals surface area (Å²) in [5.41, 5.74) is 18.0. The Bertz CT molecular complexity index is 4370. The Balaban J connectivity index is 1.00. The van der Waals surface area contributed by atoms with Gasteiger partial charge in [0.2, 0.25) is 0 Å². The molecular formula is C73H52N2Si. The second-order valence-corrected chi connectivity index (χ2v) is 23.9. The van der Waals surface area contributed by atoms with Crippen LogP contribution in [0.4, 0.5) is 0 Å². The minimum Gasteiger partial charge on any atom is -0.309 e. The van der Waals surface area contributed by atoms with E-state index in [-0.39, 0.29) is 0 Å². The lowest BCUT2D eigenvalue weighted by molar-refractivity contribution is 1.17. The van der Waals surface area contributed by atoms with Crippen molar-refractivity contribution >= 4 is 67.2 Å². The van der Waals surface area contributed by atoms with Crippen molar-refractivity contribution in [3.8, 4) is 55.9 Å². The molecule has 0 aliphatic carbocycles. The van der Waals surface area contributed by atoms with E-state index in [0.29, 0.717) is 0 Å². The van der Waals surface area contributed by atoms with Crippen molar-refractivity contribution in [2.24, 2.45) is 0 Å². The number of rotatable bonds is 11. The summed E-state index contributed by atoms with van der Waals surface area (Å²) in [7, 11) is -2.81. The quantitative estimate of drug-likeness (QED) is 0.0903. The molecule has 2 heterocycles. The molecule has 358 valence electrons. The van der Waals surface area contributed by atoms with E-state index in [4.69, 9.17) is 0 Å². The molecule has 14 rings (SSSR count). The minimum atomic E-state index is -2.81. The summed E-state index contributed by atoms with van der Waals surface area (Å²) in [5, 5.41) is 9.18. The molecule has 14 aromatic rings. The van der Waals surface area contributed by atoms with Crippen LogP contribution in [0.3, 0.4) is 0 Å². The highest BCUT2D eigenvalue weighted by Crippen LogP contribution is 2.43. The van der Waals surface area contributed by atoms with Crippen LogP contribution in [0, 0.1) is 0 Å². The maximum absolute atomic E-state index is 2.81. The summed E-state index contributed by atoms with van der Waals surface area (Å²) in [4.78, 5) is 0. The number of para-hydroxylation sites is 2. The Morgan fingerprint density at radius 1 is 0.263 bits per heavy atom. The Kier molecular flexibility index (Phi) is 11.3. The summed E-state index contributed by atoms with van der Waals surface area (Å²) in [6, 6.07) is 113. The van der Waals surface area contributed by atoms with Crippen LogP contribution >= 0.6 is 0 Å². The second kappa shape index (κ2) is 19.1. The van der Waals surface area contributed by atoms with E-state index >= 15 is 0 Å². The van der Waals surface area contributed by atoms with Crippen molar-refractivity contribution in [2.45, 2.75) is 6.04 Å². The van der Waals surface area contributed by atoms with E-state index < -0.39 is 8.07 Å². The van der Waals surface area contributed by atoms with E-state index in [2.05, 4.69) is 312 Å². The Hall–Kier alpha value is -9.54. The van der Waals surface area contributed by atoms with Crippen LogP contribution in [0.1, 0.15) is 5.56 Å². The maximum Gasteiger partial charge on any atom is 0.152 e. The molecule has 0 fully saturated rings. The Morgan fingerprint density at radius 2 is 0.697 bits per heavy atom. The van der Waals surface area contributed by atoms with E-state index in [9.17, 15) is 0 Å². The molecule has 0 unspecified atom stereocenters. The molecule has 0 bridgehead atoms. The Morgan fingerprint density at radius 3 is 1.34 bits per heavy atom. The van der Waals surface area contributed by atoms with Crippen molar-refractivity contribution in [1.82, 2.24) is 9.13 Å². The first-order chi connectivity index (χ1) is 37.7. The third-order valence-corrected chi connectivity index (χ3v) is 20.6. The van der Waals surface area contributed by atoms with Gasteiger partial charge in [0.25, 0.3) is 0 Å². The normalized spacial score (nSPS) is 11.7. The van der Waals surface area contributed by atoms with Crippen molar-refractivity contribution in [2.75, 3.05) is 0 Å². The zero-order chi connectivity index (χ0) is 50.4. The first kappa shape index (κ1) is 45.1. The molecule has 0 saturated heterocycles. The van der Waals surface area contributed by atoms with Gasteiger partial charge < -0.3 is 9.13 Å².